The Kier molecular flexibility index (Phi) is 6.63. The van der Waals surface area contributed by atoms with Gasteiger partial charge in [-0.25, -0.2) is 8.78 Å². The van der Waals surface area contributed by atoms with Crippen molar-refractivity contribution < 1.29 is 13.9 Å². The van der Waals surface area contributed by atoms with Crippen LogP contribution in [0.5, 0.6) is 0 Å². The molecule has 0 bridgehead atoms. The fourth-order valence-electron chi connectivity index (χ4n) is 4.60. The van der Waals surface area contributed by atoms with Crippen molar-refractivity contribution in [1.29, 1.82) is 0 Å². The van der Waals surface area contributed by atoms with Crippen molar-refractivity contribution in [2.24, 2.45) is 5.92 Å². The second kappa shape index (κ2) is 9.25. The van der Waals surface area contributed by atoms with E-state index in [-0.39, 0.29) is 17.9 Å². The number of rotatable bonds is 6. The van der Waals surface area contributed by atoms with E-state index in [4.69, 9.17) is 23.2 Å². The number of aliphatic hydroxyl groups excluding tert-OH is 1. The van der Waals surface area contributed by atoms with Crippen molar-refractivity contribution in [3.05, 3.63) is 105 Å². The zero-order valence-corrected chi connectivity index (χ0v) is 18.5. The van der Waals surface area contributed by atoms with Gasteiger partial charge in [0.25, 0.3) is 0 Å². The first-order valence-corrected chi connectivity index (χ1v) is 11.0. The molecule has 1 fully saturated rings. The van der Waals surface area contributed by atoms with Crippen molar-refractivity contribution in [1.82, 2.24) is 4.90 Å². The minimum absolute atomic E-state index is 0.00956. The van der Waals surface area contributed by atoms with Crippen LogP contribution < -0.4 is 0 Å². The molecule has 1 saturated heterocycles. The summed E-state index contributed by atoms with van der Waals surface area (Å²) in [6.07, 6.45) is -0.724. The Morgan fingerprint density at radius 1 is 0.806 bits per heavy atom. The molecule has 1 heterocycles. The van der Waals surface area contributed by atoms with E-state index in [2.05, 4.69) is 4.90 Å². The minimum Gasteiger partial charge on any atom is -0.393 e. The van der Waals surface area contributed by atoms with Crippen LogP contribution >= 0.6 is 23.2 Å². The van der Waals surface area contributed by atoms with Crippen LogP contribution in [0.1, 0.15) is 35.6 Å². The molecule has 2 unspecified atom stereocenters. The largest absolute Gasteiger partial charge is 0.393 e. The molecule has 0 saturated carbocycles. The van der Waals surface area contributed by atoms with E-state index in [1.54, 1.807) is 6.92 Å². The predicted molar refractivity (Wildman–Crippen MR) is 121 cm³/mol. The molecule has 2 nitrogen and oxygen atoms in total. The minimum atomic E-state index is -0.724. The third-order valence-electron chi connectivity index (χ3n) is 5.97. The van der Waals surface area contributed by atoms with Gasteiger partial charge in [0.1, 0.15) is 11.6 Å². The number of hydrogen-bond donors (Lipinski definition) is 1. The lowest BCUT2D eigenvalue weighted by Gasteiger charge is -2.48. The molecule has 3 aromatic rings. The summed E-state index contributed by atoms with van der Waals surface area (Å²) in [5.74, 6) is -1.53. The molecule has 162 valence electrons. The van der Waals surface area contributed by atoms with Crippen LogP contribution in [0.25, 0.3) is 0 Å². The molecule has 1 aliphatic heterocycles. The molecule has 0 aromatic heterocycles. The Morgan fingerprint density at radius 2 is 1.26 bits per heavy atom. The summed E-state index contributed by atoms with van der Waals surface area (Å²) in [6.45, 7) is 3.04. The third kappa shape index (κ3) is 4.93. The highest BCUT2D eigenvalue weighted by molar-refractivity contribution is 6.30. The Balaban J connectivity index is 1.60. The summed E-state index contributed by atoms with van der Waals surface area (Å²) in [5, 5.41) is 11.7. The summed E-state index contributed by atoms with van der Waals surface area (Å²) >= 11 is 12.2. The monoisotopic (exact) mass is 461 g/mol. The lowest BCUT2D eigenvalue weighted by atomic mass is 9.76. The van der Waals surface area contributed by atoms with Gasteiger partial charge in [-0.1, -0.05) is 47.5 Å². The molecule has 0 spiro atoms. The maximum atomic E-state index is 13.8. The first-order chi connectivity index (χ1) is 14.8. The van der Waals surface area contributed by atoms with Gasteiger partial charge in [0.2, 0.25) is 0 Å². The van der Waals surface area contributed by atoms with E-state index >= 15 is 0 Å². The second-order valence-corrected chi connectivity index (χ2v) is 9.06. The van der Waals surface area contributed by atoms with Gasteiger partial charge in [-0.05, 0) is 65.9 Å². The van der Waals surface area contributed by atoms with Gasteiger partial charge in [0.05, 0.1) is 12.1 Å². The normalized spacial score (nSPS) is 16.9. The molecule has 3 aromatic carbocycles. The topological polar surface area (TPSA) is 23.5 Å². The van der Waals surface area contributed by atoms with E-state index in [0.29, 0.717) is 28.7 Å². The highest BCUT2D eigenvalue weighted by Crippen LogP contribution is 2.41. The number of aliphatic hydroxyl groups is 1. The Morgan fingerprint density at radius 3 is 1.68 bits per heavy atom. The molecule has 1 N–H and O–H groups in total. The van der Waals surface area contributed by atoms with Crippen LogP contribution in [-0.4, -0.2) is 29.2 Å². The van der Waals surface area contributed by atoms with Gasteiger partial charge >= 0.3 is 0 Å². The third-order valence-corrected chi connectivity index (χ3v) is 6.48. The first-order valence-electron chi connectivity index (χ1n) is 10.2. The summed E-state index contributed by atoms with van der Waals surface area (Å²) in [7, 11) is 0. The second-order valence-electron chi connectivity index (χ2n) is 8.19. The molecule has 4 rings (SSSR count). The summed E-state index contributed by atoms with van der Waals surface area (Å²) in [6, 6.07) is 19.0. The van der Waals surface area contributed by atoms with Crippen molar-refractivity contribution in [2.75, 3.05) is 13.1 Å². The molecular weight excluding hydrogens is 439 g/mol. The van der Waals surface area contributed by atoms with E-state index in [0.717, 1.165) is 17.2 Å². The van der Waals surface area contributed by atoms with Crippen LogP contribution in [0.2, 0.25) is 10.0 Å². The molecule has 0 aliphatic carbocycles. The Labute approximate surface area is 191 Å². The molecular formula is C25H23Cl2F2NO. The quantitative estimate of drug-likeness (QED) is 0.455. The average molecular weight is 462 g/mol. The molecule has 31 heavy (non-hydrogen) atoms. The zero-order chi connectivity index (χ0) is 22.1. The summed E-state index contributed by atoms with van der Waals surface area (Å²) in [5.41, 5.74) is 2.68. The van der Waals surface area contributed by atoms with Crippen LogP contribution in [0, 0.1) is 17.6 Å². The molecule has 6 heteroatoms. The van der Waals surface area contributed by atoms with Crippen LogP contribution in [0.3, 0.4) is 0 Å². The van der Waals surface area contributed by atoms with Crippen molar-refractivity contribution >= 4 is 23.2 Å². The molecule has 0 amide bonds. The summed E-state index contributed by atoms with van der Waals surface area (Å²) in [4.78, 5) is 2.29. The number of halogens is 4. The van der Waals surface area contributed by atoms with E-state index in [9.17, 15) is 13.9 Å². The lowest BCUT2D eigenvalue weighted by molar-refractivity contribution is 0.0149. The van der Waals surface area contributed by atoms with Gasteiger partial charge in [-0.2, -0.15) is 0 Å². The summed E-state index contributed by atoms with van der Waals surface area (Å²) < 4.78 is 27.6. The highest BCUT2D eigenvalue weighted by atomic mass is 35.5. The maximum absolute atomic E-state index is 13.8. The zero-order valence-electron chi connectivity index (χ0n) is 17.0. The maximum Gasteiger partial charge on any atom is 0.126 e. The van der Waals surface area contributed by atoms with E-state index in [1.807, 2.05) is 48.5 Å². The van der Waals surface area contributed by atoms with E-state index in [1.165, 1.54) is 12.1 Å². The smallest absolute Gasteiger partial charge is 0.126 e. The fraction of sp³-hybridized carbons (Fsp3) is 0.280. The highest BCUT2D eigenvalue weighted by Gasteiger charge is 2.40. The van der Waals surface area contributed by atoms with Gasteiger partial charge in [-0.3, -0.25) is 4.90 Å². The number of likely N-dealkylation sites (tertiary alicyclic amines) is 1. The standard InChI is InChI=1S/C25H23Cl2F2NO/c1-15(31)24(18-10-22(28)12-23(29)11-18)19-13-30(14-19)25(16-2-6-20(26)7-3-16)17-4-8-21(27)9-5-17/h2-12,15,19,24-25,31H,13-14H2,1H3. The van der Waals surface area contributed by atoms with E-state index < -0.39 is 17.7 Å². The lowest BCUT2D eigenvalue weighted by Crippen LogP contribution is -2.52. The van der Waals surface area contributed by atoms with Crippen molar-refractivity contribution in [3.8, 4) is 0 Å². The Hall–Kier alpha value is -1.98. The Bertz CT molecular complexity index is 969. The van der Waals surface area contributed by atoms with Crippen molar-refractivity contribution in [3.63, 3.8) is 0 Å². The first kappa shape index (κ1) is 22.2. The predicted octanol–water partition coefficient (Wildman–Crippen LogP) is 6.46. The van der Waals surface area contributed by atoms with Gasteiger partial charge in [0, 0.05) is 35.1 Å². The SMILES string of the molecule is CC(O)C(c1cc(F)cc(F)c1)C1CN(C(c2ccc(Cl)cc2)c2ccc(Cl)cc2)C1. The van der Waals surface area contributed by atoms with Crippen molar-refractivity contribution in [2.45, 2.75) is 25.0 Å². The molecule has 0 radical (unpaired) electrons. The van der Waals surface area contributed by atoms with Crippen LogP contribution in [0.4, 0.5) is 8.78 Å². The number of nitrogens with zero attached hydrogens (tertiary/aromatic N) is 1. The van der Waals surface area contributed by atoms with Gasteiger partial charge < -0.3 is 5.11 Å². The molecule has 1 aliphatic rings. The fourth-order valence-corrected chi connectivity index (χ4v) is 4.86. The number of benzene rings is 3. The van der Waals surface area contributed by atoms with Gasteiger partial charge in [-0.15, -0.1) is 0 Å². The average Bonchev–Trinajstić information content (AvgIpc) is 2.67. The van der Waals surface area contributed by atoms with Gasteiger partial charge in [0.15, 0.2) is 0 Å². The molecule has 2 atom stereocenters. The number of hydrogen-bond acceptors (Lipinski definition) is 2. The van der Waals surface area contributed by atoms with Crippen LogP contribution in [-0.2, 0) is 0 Å². The van der Waals surface area contributed by atoms with Crippen LogP contribution in [0.15, 0.2) is 66.7 Å².